The Balaban J connectivity index is 1.48. The van der Waals surface area contributed by atoms with E-state index in [0.29, 0.717) is 29.2 Å². The summed E-state index contributed by atoms with van der Waals surface area (Å²) in [6, 6.07) is 14.1. The molecule has 0 aliphatic heterocycles. The van der Waals surface area contributed by atoms with Crippen LogP contribution in [0.4, 0.5) is 15.8 Å². The third-order valence-corrected chi connectivity index (χ3v) is 4.10. The fraction of sp³-hybridized carbons (Fsp3) is 0.100. The van der Waals surface area contributed by atoms with Crippen LogP contribution in [0.3, 0.4) is 0 Å². The molecule has 0 saturated carbocycles. The van der Waals surface area contributed by atoms with Gasteiger partial charge in [0.25, 0.3) is 5.91 Å². The zero-order valence-corrected chi connectivity index (χ0v) is 15.4. The Morgan fingerprint density at radius 2 is 1.79 bits per heavy atom. The molecule has 2 amide bonds. The van der Waals surface area contributed by atoms with Gasteiger partial charge in [0.2, 0.25) is 5.91 Å². The number of carbonyl (C=O) groups excluding carboxylic acids is 2. The van der Waals surface area contributed by atoms with Gasteiger partial charge in [0.1, 0.15) is 11.6 Å². The summed E-state index contributed by atoms with van der Waals surface area (Å²) in [5, 5.41) is 8.28. The smallest absolute Gasteiger partial charge is 0.251 e. The van der Waals surface area contributed by atoms with Crippen molar-refractivity contribution in [3.63, 3.8) is 0 Å². The minimum Gasteiger partial charge on any atom is -0.467 e. The van der Waals surface area contributed by atoms with Crippen molar-refractivity contribution in [1.82, 2.24) is 5.32 Å². The van der Waals surface area contributed by atoms with Crippen molar-refractivity contribution in [1.29, 1.82) is 0 Å². The second-order valence-electron chi connectivity index (χ2n) is 5.87. The van der Waals surface area contributed by atoms with Crippen LogP contribution >= 0.6 is 11.6 Å². The number of halogens is 2. The highest BCUT2D eigenvalue weighted by atomic mass is 35.5. The number of amides is 2. The predicted molar refractivity (Wildman–Crippen MR) is 105 cm³/mol. The number of nitrogens with one attached hydrogen (secondary N) is 3. The van der Waals surface area contributed by atoms with Crippen LogP contribution in [0, 0.1) is 5.82 Å². The van der Waals surface area contributed by atoms with Gasteiger partial charge in [0.05, 0.1) is 24.4 Å². The summed E-state index contributed by atoms with van der Waals surface area (Å²) in [7, 11) is 0. The third-order valence-electron chi connectivity index (χ3n) is 3.81. The van der Waals surface area contributed by atoms with Crippen LogP contribution < -0.4 is 16.0 Å². The van der Waals surface area contributed by atoms with Crippen molar-refractivity contribution in [2.45, 2.75) is 6.54 Å². The summed E-state index contributed by atoms with van der Waals surface area (Å²) in [4.78, 5) is 24.1. The fourth-order valence-corrected chi connectivity index (χ4v) is 2.56. The lowest BCUT2D eigenvalue weighted by Gasteiger charge is -2.09. The van der Waals surface area contributed by atoms with Crippen LogP contribution in [0.2, 0.25) is 5.02 Å². The van der Waals surface area contributed by atoms with Crippen molar-refractivity contribution in [2.24, 2.45) is 0 Å². The normalized spacial score (nSPS) is 10.4. The van der Waals surface area contributed by atoms with Gasteiger partial charge in [-0.2, -0.15) is 0 Å². The molecule has 0 saturated heterocycles. The summed E-state index contributed by atoms with van der Waals surface area (Å²) in [6.45, 7) is 0.275. The Hall–Kier alpha value is -3.32. The van der Waals surface area contributed by atoms with E-state index in [4.69, 9.17) is 16.0 Å². The second kappa shape index (κ2) is 9.05. The van der Waals surface area contributed by atoms with Crippen LogP contribution in [0.25, 0.3) is 0 Å². The number of hydrogen-bond acceptors (Lipinski definition) is 4. The Morgan fingerprint density at radius 3 is 2.46 bits per heavy atom. The minimum atomic E-state index is -0.523. The Labute approximate surface area is 165 Å². The average Bonchev–Trinajstić information content (AvgIpc) is 3.21. The summed E-state index contributed by atoms with van der Waals surface area (Å²) >= 11 is 5.70. The van der Waals surface area contributed by atoms with E-state index in [1.807, 2.05) is 0 Å². The van der Waals surface area contributed by atoms with Crippen LogP contribution in [0.1, 0.15) is 16.1 Å². The number of anilines is 2. The van der Waals surface area contributed by atoms with E-state index in [0.717, 1.165) is 0 Å². The van der Waals surface area contributed by atoms with Crippen molar-refractivity contribution >= 4 is 34.8 Å². The van der Waals surface area contributed by atoms with Gasteiger partial charge in [-0.05, 0) is 54.6 Å². The number of hydrogen-bond donors (Lipinski definition) is 3. The molecule has 0 aliphatic carbocycles. The monoisotopic (exact) mass is 401 g/mol. The number of carbonyl (C=O) groups is 2. The van der Waals surface area contributed by atoms with E-state index in [1.54, 1.807) is 42.7 Å². The topological polar surface area (TPSA) is 83.4 Å². The first-order valence-corrected chi connectivity index (χ1v) is 8.78. The quantitative estimate of drug-likeness (QED) is 0.557. The summed E-state index contributed by atoms with van der Waals surface area (Å²) in [6.07, 6.45) is 1.54. The average molecular weight is 402 g/mol. The lowest BCUT2D eigenvalue weighted by Crippen LogP contribution is -2.23. The van der Waals surface area contributed by atoms with E-state index in [-0.39, 0.29) is 23.4 Å². The Kier molecular flexibility index (Phi) is 6.29. The molecular formula is C20H17ClFN3O3. The first-order valence-electron chi connectivity index (χ1n) is 8.40. The highest BCUT2D eigenvalue weighted by molar-refractivity contribution is 6.31. The maximum absolute atomic E-state index is 13.1. The van der Waals surface area contributed by atoms with Crippen molar-refractivity contribution in [2.75, 3.05) is 17.2 Å². The molecule has 3 aromatic rings. The third kappa shape index (κ3) is 5.34. The summed E-state index contributed by atoms with van der Waals surface area (Å²) < 4.78 is 18.3. The van der Waals surface area contributed by atoms with E-state index in [1.165, 1.54) is 18.2 Å². The van der Waals surface area contributed by atoms with Gasteiger partial charge in [-0.3, -0.25) is 9.59 Å². The van der Waals surface area contributed by atoms with Gasteiger partial charge in [-0.25, -0.2) is 4.39 Å². The van der Waals surface area contributed by atoms with E-state index < -0.39 is 5.82 Å². The number of benzene rings is 2. The molecule has 144 valence electrons. The van der Waals surface area contributed by atoms with Gasteiger partial charge < -0.3 is 20.4 Å². The molecule has 1 heterocycles. The maximum Gasteiger partial charge on any atom is 0.251 e. The van der Waals surface area contributed by atoms with Crippen LogP contribution in [-0.2, 0) is 11.3 Å². The van der Waals surface area contributed by atoms with Crippen molar-refractivity contribution < 1.29 is 18.4 Å². The molecule has 3 rings (SSSR count). The zero-order valence-electron chi connectivity index (χ0n) is 14.7. The van der Waals surface area contributed by atoms with Crippen molar-refractivity contribution in [3.05, 3.63) is 83.0 Å². The molecule has 0 radical (unpaired) electrons. The van der Waals surface area contributed by atoms with E-state index in [2.05, 4.69) is 16.0 Å². The number of rotatable bonds is 7. The Morgan fingerprint density at radius 1 is 1.04 bits per heavy atom. The van der Waals surface area contributed by atoms with Gasteiger partial charge in [-0.15, -0.1) is 0 Å². The molecular weight excluding hydrogens is 385 g/mol. The Bertz CT molecular complexity index is 959. The molecule has 28 heavy (non-hydrogen) atoms. The summed E-state index contributed by atoms with van der Waals surface area (Å²) in [5.74, 6) is -0.406. The molecule has 8 heteroatoms. The van der Waals surface area contributed by atoms with Gasteiger partial charge in [-0.1, -0.05) is 11.6 Å². The molecule has 1 aromatic heterocycles. The molecule has 6 nitrogen and oxygen atoms in total. The molecule has 0 fully saturated rings. The van der Waals surface area contributed by atoms with E-state index >= 15 is 0 Å². The minimum absolute atomic E-state index is 0.0205. The fourth-order valence-electron chi connectivity index (χ4n) is 2.38. The lowest BCUT2D eigenvalue weighted by atomic mass is 10.2. The van der Waals surface area contributed by atoms with Crippen LogP contribution in [-0.4, -0.2) is 18.4 Å². The zero-order chi connectivity index (χ0) is 19.9. The molecule has 2 aromatic carbocycles. The van der Waals surface area contributed by atoms with Gasteiger partial charge in [0, 0.05) is 16.9 Å². The van der Waals surface area contributed by atoms with Crippen molar-refractivity contribution in [3.8, 4) is 0 Å². The second-order valence-corrected chi connectivity index (χ2v) is 6.28. The highest BCUT2D eigenvalue weighted by Crippen LogP contribution is 2.19. The van der Waals surface area contributed by atoms with Gasteiger partial charge >= 0.3 is 0 Å². The van der Waals surface area contributed by atoms with E-state index in [9.17, 15) is 14.0 Å². The standard InChI is InChI=1S/C20H17ClFN3O3/c21-17-10-15(7-8-18(17)22)23-12-19(26)25-14-5-3-13(4-6-14)20(27)24-11-16-2-1-9-28-16/h1-10,23H,11-12H2,(H,24,27)(H,25,26). The van der Waals surface area contributed by atoms with Gasteiger partial charge in [0.15, 0.2) is 0 Å². The lowest BCUT2D eigenvalue weighted by molar-refractivity contribution is -0.114. The van der Waals surface area contributed by atoms with Crippen LogP contribution in [0.15, 0.2) is 65.3 Å². The SMILES string of the molecule is O=C(CNc1ccc(F)c(Cl)c1)Nc1ccc(C(=O)NCc2ccco2)cc1. The predicted octanol–water partition coefficient (Wildman–Crippen LogP) is 4.05. The molecule has 0 spiro atoms. The maximum atomic E-state index is 13.1. The largest absolute Gasteiger partial charge is 0.467 e. The highest BCUT2D eigenvalue weighted by Gasteiger charge is 2.08. The summed E-state index contributed by atoms with van der Waals surface area (Å²) in [5.41, 5.74) is 1.54. The first kappa shape index (κ1) is 19.4. The first-order chi connectivity index (χ1) is 13.5. The molecule has 0 unspecified atom stereocenters. The molecule has 0 bridgehead atoms. The molecule has 3 N–H and O–H groups in total. The van der Waals surface area contributed by atoms with Crippen LogP contribution in [0.5, 0.6) is 0 Å². The number of furan rings is 1. The molecule has 0 aliphatic rings. The molecule has 0 atom stereocenters.